The Morgan fingerprint density at radius 1 is 1.29 bits per heavy atom. The monoisotopic (exact) mass is 388 g/mol. The van der Waals surface area contributed by atoms with Crippen LogP contribution in [0.15, 0.2) is 34.3 Å². The fraction of sp³-hybridized carbons (Fsp3) is 0.571. The summed E-state index contributed by atoms with van der Waals surface area (Å²) < 4.78 is 15.7. The molecule has 0 bridgehead atoms. The van der Waals surface area contributed by atoms with Gasteiger partial charge < -0.3 is 19.0 Å². The molecule has 1 aromatic heterocycles. The molecule has 0 unspecified atom stereocenters. The second kappa shape index (κ2) is 6.22. The topological polar surface area (TPSA) is 103 Å². The molecule has 7 heteroatoms. The number of aliphatic hydroxyl groups excluding tert-OH is 1. The Morgan fingerprint density at radius 2 is 2.04 bits per heavy atom. The van der Waals surface area contributed by atoms with Crippen LogP contribution in [-0.4, -0.2) is 29.9 Å². The molecule has 7 nitrogen and oxygen atoms in total. The molecule has 4 rings (SSSR count). The van der Waals surface area contributed by atoms with Gasteiger partial charge in [-0.2, -0.15) is 0 Å². The van der Waals surface area contributed by atoms with Crippen LogP contribution in [0.2, 0.25) is 0 Å². The zero-order valence-electron chi connectivity index (χ0n) is 16.2. The average molecular weight is 388 g/mol. The summed E-state index contributed by atoms with van der Waals surface area (Å²) in [5.41, 5.74) is -0.342. The van der Waals surface area contributed by atoms with Crippen molar-refractivity contribution < 1.29 is 33.4 Å². The number of carbonyl (C=O) groups excluding carboxylic acids is 3. The summed E-state index contributed by atoms with van der Waals surface area (Å²) in [5.74, 6) is -2.77. The predicted molar refractivity (Wildman–Crippen MR) is 95.9 cm³/mol. The van der Waals surface area contributed by atoms with E-state index < -0.39 is 40.5 Å². The molecule has 0 amide bonds. The number of methoxy groups -OCH3 is 1. The van der Waals surface area contributed by atoms with Crippen molar-refractivity contribution in [1.82, 2.24) is 0 Å². The number of Topliss-reactive ketones (excluding diaryl/α,β-unsaturated/α-hetero) is 1. The van der Waals surface area contributed by atoms with Crippen LogP contribution in [0, 0.1) is 22.7 Å². The minimum Gasteiger partial charge on any atom is -0.504 e. The molecule has 2 heterocycles. The maximum atomic E-state index is 12.8. The van der Waals surface area contributed by atoms with Crippen LogP contribution in [-0.2, 0) is 23.9 Å². The number of hydrogen-bond donors (Lipinski definition) is 1. The van der Waals surface area contributed by atoms with Crippen LogP contribution in [0.1, 0.15) is 51.2 Å². The van der Waals surface area contributed by atoms with Gasteiger partial charge in [-0.1, -0.05) is 13.8 Å². The molecule has 2 aliphatic carbocycles. The van der Waals surface area contributed by atoms with E-state index in [2.05, 4.69) is 0 Å². The van der Waals surface area contributed by atoms with Gasteiger partial charge in [0.05, 0.1) is 31.5 Å². The van der Waals surface area contributed by atoms with Crippen LogP contribution in [0.5, 0.6) is 0 Å². The first-order chi connectivity index (χ1) is 13.2. The average Bonchev–Trinajstić information content (AvgIpc) is 3.18. The highest BCUT2D eigenvalue weighted by Gasteiger charge is 2.63. The summed E-state index contributed by atoms with van der Waals surface area (Å²) in [5, 5.41) is 10.8. The van der Waals surface area contributed by atoms with E-state index in [0.717, 1.165) is 5.56 Å². The highest BCUT2D eigenvalue weighted by Crippen LogP contribution is 2.64. The van der Waals surface area contributed by atoms with E-state index in [-0.39, 0.29) is 18.1 Å². The number of allylic oxidation sites excluding steroid dienone is 2. The largest absolute Gasteiger partial charge is 0.504 e. The number of aliphatic hydroxyl groups is 1. The van der Waals surface area contributed by atoms with Crippen molar-refractivity contribution >= 4 is 17.7 Å². The molecule has 0 spiro atoms. The molecule has 2 fully saturated rings. The van der Waals surface area contributed by atoms with E-state index >= 15 is 0 Å². The van der Waals surface area contributed by atoms with E-state index in [0.29, 0.717) is 24.8 Å². The Labute approximate surface area is 162 Å². The second-order valence-electron chi connectivity index (χ2n) is 8.54. The smallest absolute Gasteiger partial charge is 0.310 e. The summed E-state index contributed by atoms with van der Waals surface area (Å²) in [6.07, 6.45) is 3.82. The normalized spacial score (nSPS) is 37.8. The first kappa shape index (κ1) is 18.8. The first-order valence-corrected chi connectivity index (χ1v) is 9.50. The maximum Gasteiger partial charge on any atom is 0.310 e. The number of ether oxygens (including phenoxy) is 2. The van der Waals surface area contributed by atoms with Gasteiger partial charge >= 0.3 is 11.9 Å². The van der Waals surface area contributed by atoms with E-state index in [9.17, 15) is 19.5 Å². The maximum absolute atomic E-state index is 12.8. The Morgan fingerprint density at radius 3 is 2.68 bits per heavy atom. The van der Waals surface area contributed by atoms with Crippen molar-refractivity contribution in [3.05, 3.63) is 35.5 Å². The number of cyclic esters (lactones) is 1. The number of fused-ring (bicyclic) bond motifs is 3. The summed E-state index contributed by atoms with van der Waals surface area (Å²) in [6, 6.07) is 1.74. The molecular formula is C21H24O7. The zero-order valence-corrected chi connectivity index (χ0v) is 16.2. The fourth-order valence-electron chi connectivity index (χ4n) is 5.65. The lowest BCUT2D eigenvalue weighted by Gasteiger charge is -2.57. The first-order valence-electron chi connectivity index (χ1n) is 9.50. The zero-order chi connectivity index (χ0) is 20.3. The van der Waals surface area contributed by atoms with Gasteiger partial charge in [0.25, 0.3) is 0 Å². The van der Waals surface area contributed by atoms with Gasteiger partial charge in [0.1, 0.15) is 6.10 Å². The van der Waals surface area contributed by atoms with Crippen molar-refractivity contribution in [3.8, 4) is 0 Å². The quantitative estimate of drug-likeness (QED) is 0.776. The number of rotatable bonds is 2. The summed E-state index contributed by atoms with van der Waals surface area (Å²) in [6.45, 7) is 3.78. The lowest BCUT2D eigenvalue weighted by atomic mass is 9.47. The van der Waals surface area contributed by atoms with Gasteiger partial charge in [0.2, 0.25) is 0 Å². The van der Waals surface area contributed by atoms with Crippen LogP contribution < -0.4 is 0 Å². The van der Waals surface area contributed by atoms with Crippen molar-refractivity contribution in [3.63, 3.8) is 0 Å². The van der Waals surface area contributed by atoms with Gasteiger partial charge in [-0.15, -0.1) is 0 Å². The summed E-state index contributed by atoms with van der Waals surface area (Å²) in [7, 11) is 1.30. The van der Waals surface area contributed by atoms with Crippen LogP contribution >= 0.6 is 0 Å². The molecular weight excluding hydrogens is 364 g/mol. The van der Waals surface area contributed by atoms with Gasteiger partial charge in [-0.25, -0.2) is 0 Å². The van der Waals surface area contributed by atoms with E-state index in [1.54, 1.807) is 6.07 Å². The standard InChI is InChI=1S/C21H24O7/c1-20-6-4-12-19(25)28-15(11-5-7-27-10-11)9-21(12,2)17(20)16(23)14(22)8-13(20)18(24)26-3/h5,7,10,12-13,15,23H,4,6,8-9H2,1-3H3/t12-,13-,15-,20-,21-/m0/s1. The Balaban J connectivity index is 1.85. The van der Waals surface area contributed by atoms with Crippen LogP contribution in [0.25, 0.3) is 0 Å². The van der Waals surface area contributed by atoms with Gasteiger partial charge in [0, 0.05) is 22.8 Å². The Bertz CT molecular complexity index is 867. The lowest BCUT2D eigenvalue weighted by molar-refractivity contribution is -0.177. The third-order valence-corrected chi connectivity index (χ3v) is 7.08. The highest BCUT2D eigenvalue weighted by atomic mass is 16.5. The molecule has 150 valence electrons. The third-order valence-electron chi connectivity index (χ3n) is 7.08. The lowest BCUT2D eigenvalue weighted by Crippen LogP contribution is -2.55. The van der Waals surface area contributed by atoms with E-state index in [1.165, 1.54) is 19.6 Å². The molecule has 0 aromatic carbocycles. The van der Waals surface area contributed by atoms with Gasteiger partial charge in [0.15, 0.2) is 11.5 Å². The number of carbonyl (C=O) groups is 3. The van der Waals surface area contributed by atoms with Crippen LogP contribution in [0.4, 0.5) is 0 Å². The molecule has 5 atom stereocenters. The minimum atomic E-state index is -0.809. The second-order valence-corrected chi connectivity index (χ2v) is 8.54. The van der Waals surface area contributed by atoms with Crippen molar-refractivity contribution in [2.24, 2.45) is 22.7 Å². The molecule has 1 saturated heterocycles. The van der Waals surface area contributed by atoms with Crippen LogP contribution in [0.3, 0.4) is 0 Å². The van der Waals surface area contributed by atoms with Crippen molar-refractivity contribution in [2.45, 2.75) is 45.6 Å². The molecule has 1 aliphatic heterocycles. The summed E-state index contributed by atoms with van der Waals surface area (Å²) >= 11 is 0. The molecule has 1 N–H and O–H groups in total. The SMILES string of the molecule is COC(=O)[C@@H]1CC(=O)C(O)=C2[C@@]1(C)CC[C@H]1C(=O)O[C@H](c3ccoc3)C[C@]21C. The van der Waals surface area contributed by atoms with Gasteiger partial charge in [-0.05, 0) is 30.9 Å². The van der Waals surface area contributed by atoms with E-state index in [4.69, 9.17) is 13.9 Å². The minimum absolute atomic E-state index is 0.0884. The highest BCUT2D eigenvalue weighted by molar-refractivity contribution is 5.99. The van der Waals surface area contributed by atoms with Crippen molar-refractivity contribution in [1.29, 1.82) is 0 Å². The Hall–Kier alpha value is -2.57. The number of esters is 2. The predicted octanol–water partition coefficient (Wildman–Crippen LogP) is 3.26. The molecule has 0 radical (unpaired) electrons. The third kappa shape index (κ3) is 2.45. The molecule has 1 aromatic rings. The van der Waals surface area contributed by atoms with E-state index in [1.807, 2.05) is 13.8 Å². The summed E-state index contributed by atoms with van der Waals surface area (Å²) in [4.78, 5) is 37.9. The molecule has 1 saturated carbocycles. The van der Waals surface area contributed by atoms with Gasteiger partial charge in [-0.3, -0.25) is 14.4 Å². The molecule has 28 heavy (non-hydrogen) atoms. The number of furan rings is 1. The number of ketones is 1. The Kier molecular flexibility index (Phi) is 4.17. The van der Waals surface area contributed by atoms with Crippen molar-refractivity contribution in [2.75, 3.05) is 7.11 Å². The molecule has 3 aliphatic rings. The number of hydrogen-bond acceptors (Lipinski definition) is 7. The fourth-order valence-corrected chi connectivity index (χ4v) is 5.65.